The van der Waals surface area contributed by atoms with Crippen molar-refractivity contribution >= 4 is 39.1 Å². The number of fused-ring (bicyclic) bond motifs is 2. The highest BCUT2D eigenvalue weighted by Gasteiger charge is 2.66. The number of benzene rings is 3. The molecule has 1 fully saturated rings. The number of unbranched alkanes of at least 4 members (excludes halogenated alkanes) is 2. The zero-order valence-corrected chi connectivity index (χ0v) is 39.2. The summed E-state index contributed by atoms with van der Waals surface area (Å²) in [6.45, 7) is 13.5. The third kappa shape index (κ3) is 11.0. The average molecular weight is 904 g/mol. The Hall–Kier alpha value is -4.18. The van der Waals surface area contributed by atoms with Crippen molar-refractivity contribution in [3.63, 3.8) is 0 Å². The van der Waals surface area contributed by atoms with Gasteiger partial charge in [0.1, 0.15) is 22.8 Å². The van der Waals surface area contributed by atoms with E-state index in [1.165, 1.54) is 23.4 Å². The fraction of sp³-hybridized carbons (Fsp3) is 0.510. The number of carbonyl (C=O) groups excluding carboxylic acids is 1. The summed E-state index contributed by atoms with van der Waals surface area (Å²) in [7, 11) is -4.25. The highest BCUT2D eigenvalue weighted by atomic mass is 32.2. The first-order valence-electron chi connectivity index (χ1n) is 22.2. The topological polar surface area (TPSA) is 156 Å². The number of hydrogen-bond donors (Lipinski definition) is 3. The normalized spacial score (nSPS) is 23.6. The van der Waals surface area contributed by atoms with Gasteiger partial charge in [-0.2, -0.15) is 4.31 Å². The molecule has 63 heavy (non-hydrogen) atoms. The lowest BCUT2D eigenvalue weighted by Gasteiger charge is -2.59. The van der Waals surface area contributed by atoms with Crippen LogP contribution in [-0.4, -0.2) is 84.6 Å². The van der Waals surface area contributed by atoms with Crippen molar-refractivity contribution in [1.82, 2.24) is 4.31 Å². The van der Waals surface area contributed by atoms with Crippen LogP contribution in [0, 0.1) is 17.8 Å². The van der Waals surface area contributed by atoms with Gasteiger partial charge in [-0.1, -0.05) is 37.1 Å². The smallest absolute Gasteiger partial charge is 0.243 e. The van der Waals surface area contributed by atoms with Gasteiger partial charge in [-0.25, -0.2) is 8.42 Å². The van der Waals surface area contributed by atoms with Gasteiger partial charge in [-0.15, -0.1) is 18.3 Å². The van der Waals surface area contributed by atoms with Gasteiger partial charge < -0.3 is 34.6 Å². The van der Waals surface area contributed by atoms with E-state index in [4.69, 9.17) is 24.2 Å². The summed E-state index contributed by atoms with van der Waals surface area (Å²) in [6.07, 6.45) is 11.0. The van der Waals surface area contributed by atoms with Gasteiger partial charge in [0.05, 0.1) is 29.2 Å². The van der Waals surface area contributed by atoms with Crippen molar-refractivity contribution in [2.45, 2.75) is 119 Å². The standard InChI is InChI=1S/C49H65N3O9S2/c1-8-26-52(63(56,57)39-23-16-35(17-24-39)50-33(3)55)45-32-43(51-61-48(4,5)6)41-30-34(14-10-12-27-53)40(15-11-13-28-54)46-42-31-37(59-36-18-21-38(62-7)22-19-36)20-25-44(42)60-49(45,47(41)46)58-29-9-2/h9,16-25,30-31,34,40,45-47,53-54H,2,8,10-15,26-29,32H2,1,3-7H3,(H,50,55). The van der Waals surface area contributed by atoms with Gasteiger partial charge in [0.15, 0.2) is 0 Å². The number of anilines is 1. The molecule has 342 valence electrons. The van der Waals surface area contributed by atoms with E-state index in [-0.39, 0.29) is 61.3 Å². The van der Waals surface area contributed by atoms with Crippen molar-refractivity contribution in [1.29, 1.82) is 0 Å². The summed E-state index contributed by atoms with van der Waals surface area (Å²) < 4.78 is 52.9. The van der Waals surface area contributed by atoms with Crippen molar-refractivity contribution in [2.24, 2.45) is 22.9 Å². The first kappa shape index (κ1) is 48.3. The van der Waals surface area contributed by atoms with Crippen molar-refractivity contribution in [3.8, 4) is 17.2 Å². The number of carbonyl (C=O) groups is 1. The van der Waals surface area contributed by atoms with Crippen LogP contribution >= 0.6 is 11.8 Å². The van der Waals surface area contributed by atoms with Crippen LogP contribution < -0.4 is 14.8 Å². The molecule has 12 nitrogen and oxygen atoms in total. The summed E-state index contributed by atoms with van der Waals surface area (Å²) in [5.41, 5.74) is 2.25. The number of ether oxygens (including phenoxy) is 3. The Bertz CT molecular complexity index is 2210. The first-order chi connectivity index (χ1) is 30.2. The van der Waals surface area contributed by atoms with Crippen LogP contribution in [0.15, 0.2) is 106 Å². The number of aliphatic hydroxyl groups excluding tert-OH is 2. The van der Waals surface area contributed by atoms with E-state index in [0.717, 1.165) is 41.7 Å². The van der Waals surface area contributed by atoms with Crippen LogP contribution in [0.5, 0.6) is 17.2 Å². The highest BCUT2D eigenvalue weighted by molar-refractivity contribution is 7.98. The monoisotopic (exact) mass is 903 g/mol. The SMILES string of the molecule is C=CCOC12Oc3ccc(Oc4ccc(SC)cc4)cc3C3C(CCCCO)C(CCCCO)C=C(C(=NOC(C)(C)C)CC1N(CCC)S(=O)(=O)c1ccc(NC(C)=O)cc1)C32. The Labute approximate surface area is 378 Å². The van der Waals surface area contributed by atoms with Crippen LogP contribution in [0.2, 0.25) is 0 Å². The third-order valence-corrected chi connectivity index (χ3v) is 14.6. The second kappa shape index (κ2) is 21.2. The zero-order chi connectivity index (χ0) is 45.4. The number of nitrogens with zero attached hydrogens (tertiary/aromatic N) is 2. The molecule has 3 N–H and O–H groups in total. The molecule has 1 aliphatic heterocycles. The Morgan fingerprint density at radius 2 is 1.70 bits per heavy atom. The number of sulfonamides is 1. The summed E-state index contributed by atoms with van der Waals surface area (Å²) in [4.78, 5) is 19.3. The summed E-state index contributed by atoms with van der Waals surface area (Å²) in [5, 5.41) is 27.5. The van der Waals surface area contributed by atoms with Crippen molar-refractivity contribution in [2.75, 3.05) is 37.9 Å². The molecule has 0 spiro atoms. The minimum atomic E-state index is -4.25. The number of aliphatic hydroxyl groups is 2. The van der Waals surface area contributed by atoms with Crippen LogP contribution in [0.3, 0.4) is 0 Å². The molecule has 3 aliphatic rings. The molecule has 1 amide bonds. The van der Waals surface area contributed by atoms with Crippen LogP contribution in [0.4, 0.5) is 5.69 Å². The Morgan fingerprint density at radius 3 is 2.32 bits per heavy atom. The summed E-state index contributed by atoms with van der Waals surface area (Å²) >= 11 is 1.66. The first-order valence-corrected chi connectivity index (χ1v) is 24.8. The third-order valence-electron chi connectivity index (χ3n) is 11.9. The summed E-state index contributed by atoms with van der Waals surface area (Å²) in [5.74, 6) is -0.780. The molecule has 3 aromatic rings. The molecule has 6 atom stereocenters. The van der Waals surface area contributed by atoms with E-state index in [1.54, 1.807) is 30.0 Å². The van der Waals surface area contributed by atoms with E-state index in [2.05, 4.69) is 24.0 Å². The van der Waals surface area contributed by atoms with Crippen LogP contribution in [0.1, 0.15) is 97.5 Å². The molecule has 0 aromatic heterocycles. The van der Waals surface area contributed by atoms with Gasteiger partial charge in [-0.05, 0) is 143 Å². The fourth-order valence-electron chi connectivity index (χ4n) is 9.37. The Balaban J connectivity index is 1.61. The predicted octanol–water partition coefficient (Wildman–Crippen LogP) is 9.69. The zero-order valence-electron chi connectivity index (χ0n) is 37.5. The van der Waals surface area contributed by atoms with Crippen LogP contribution in [-0.2, 0) is 24.4 Å². The van der Waals surface area contributed by atoms with Gasteiger partial charge in [0.25, 0.3) is 0 Å². The minimum Gasteiger partial charge on any atom is -0.460 e. The lowest BCUT2D eigenvalue weighted by Crippen LogP contribution is -2.70. The number of allylic oxidation sites excluding steroid dienone is 1. The number of thioether (sulfide) groups is 1. The molecule has 1 saturated carbocycles. The van der Waals surface area contributed by atoms with E-state index in [9.17, 15) is 15.0 Å². The number of nitrogens with one attached hydrogen (secondary N) is 1. The maximum atomic E-state index is 15.2. The molecular formula is C49H65N3O9S2. The molecule has 0 radical (unpaired) electrons. The maximum Gasteiger partial charge on any atom is 0.243 e. The molecule has 14 heteroatoms. The van der Waals surface area contributed by atoms with E-state index >= 15 is 8.42 Å². The molecule has 2 aliphatic carbocycles. The van der Waals surface area contributed by atoms with Crippen molar-refractivity contribution < 1.29 is 42.5 Å². The summed E-state index contributed by atoms with van der Waals surface area (Å²) in [6, 6.07) is 19.0. The van der Waals surface area contributed by atoms with Gasteiger partial charge >= 0.3 is 0 Å². The number of amides is 1. The van der Waals surface area contributed by atoms with Crippen LogP contribution in [0.25, 0.3) is 0 Å². The van der Waals surface area contributed by atoms with E-state index in [1.807, 2.05) is 70.3 Å². The minimum absolute atomic E-state index is 0.00412. The Morgan fingerprint density at radius 1 is 1.02 bits per heavy atom. The van der Waals surface area contributed by atoms with E-state index in [0.29, 0.717) is 47.9 Å². The molecule has 3 aromatic carbocycles. The second-order valence-electron chi connectivity index (χ2n) is 17.6. The molecule has 0 saturated heterocycles. The molecular weight excluding hydrogens is 839 g/mol. The van der Waals surface area contributed by atoms with E-state index < -0.39 is 33.4 Å². The van der Waals surface area contributed by atoms with Gasteiger partial charge in [0, 0.05) is 55.2 Å². The number of oxime groups is 1. The fourth-order valence-corrected chi connectivity index (χ4v) is 11.5. The number of hydrogen-bond acceptors (Lipinski definition) is 11. The quantitative estimate of drug-likeness (QED) is 0.0407. The highest BCUT2D eigenvalue weighted by Crippen LogP contribution is 2.62. The lowest BCUT2D eigenvalue weighted by molar-refractivity contribution is -0.251. The predicted molar refractivity (Wildman–Crippen MR) is 249 cm³/mol. The average Bonchev–Trinajstić information content (AvgIpc) is 3.25. The molecule has 0 bridgehead atoms. The molecule has 6 unspecified atom stereocenters. The Kier molecular flexibility index (Phi) is 16.3. The van der Waals surface area contributed by atoms with Gasteiger partial charge in [-0.3, -0.25) is 4.79 Å². The second-order valence-corrected chi connectivity index (χ2v) is 20.3. The molecule has 1 heterocycles. The van der Waals surface area contributed by atoms with Gasteiger partial charge in [0.2, 0.25) is 21.7 Å². The lowest BCUT2D eigenvalue weighted by atomic mass is 9.55. The largest absolute Gasteiger partial charge is 0.460 e. The number of rotatable bonds is 21. The molecule has 6 rings (SSSR count). The van der Waals surface area contributed by atoms with Crippen molar-refractivity contribution in [3.05, 3.63) is 96.6 Å². The maximum absolute atomic E-state index is 15.2.